The molecule has 0 aliphatic carbocycles. The molecule has 0 saturated heterocycles. The second-order valence-electron chi connectivity index (χ2n) is 6.32. The van der Waals surface area contributed by atoms with Gasteiger partial charge in [0.25, 0.3) is 0 Å². The molecule has 10 heteroatoms. The van der Waals surface area contributed by atoms with Crippen LogP contribution in [0.25, 0.3) is 11.3 Å². The van der Waals surface area contributed by atoms with Crippen molar-refractivity contribution >= 4 is 26.7 Å². The fourth-order valence-corrected chi connectivity index (χ4v) is 3.44. The van der Waals surface area contributed by atoms with Crippen LogP contribution in [0.1, 0.15) is 12.5 Å². The van der Waals surface area contributed by atoms with Crippen molar-refractivity contribution in [1.82, 2.24) is 9.97 Å². The summed E-state index contributed by atoms with van der Waals surface area (Å²) in [4.78, 5) is 7.97. The minimum Gasteiger partial charge on any atom is -0.496 e. The first-order chi connectivity index (χ1) is 14.2. The minimum atomic E-state index is -2.73. The third-order valence-electron chi connectivity index (χ3n) is 4.13. The lowest BCUT2D eigenvalue weighted by Crippen LogP contribution is -2.18. The minimum absolute atomic E-state index is 0.0294. The van der Waals surface area contributed by atoms with E-state index in [1.54, 1.807) is 6.92 Å². The van der Waals surface area contributed by atoms with E-state index in [4.69, 9.17) is 9.88 Å². The largest absolute Gasteiger partial charge is 0.496 e. The number of rotatable bonds is 6. The van der Waals surface area contributed by atoms with Crippen LogP contribution < -0.4 is 15.2 Å². The Bertz CT molecular complexity index is 1210. The number of anilines is 2. The average Bonchev–Trinajstić information content (AvgIpc) is 2.68. The van der Waals surface area contributed by atoms with E-state index in [9.17, 15) is 17.4 Å². The van der Waals surface area contributed by atoms with Crippen molar-refractivity contribution in [2.45, 2.75) is 6.92 Å². The maximum Gasteiger partial charge on any atom is 0.227 e. The van der Waals surface area contributed by atoms with Gasteiger partial charge in [-0.3, -0.25) is 9.35 Å². The Kier molecular flexibility index (Phi) is 6.28. The third kappa shape index (κ3) is 5.08. The molecule has 1 heterocycles. The van der Waals surface area contributed by atoms with Crippen molar-refractivity contribution in [2.24, 2.45) is 5.14 Å². The van der Waals surface area contributed by atoms with Gasteiger partial charge in [0.2, 0.25) is 5.95 Å². The normalized spacial score (nSPS) is 12.9. The highest BCUT2D eigenvalue weighted by Gasteiger charge is 2.15. The summed E-state index contributed by atoms with van der Waals surface area (Å²) < 4.78 is 59.0. The summed E-state index contributed by atoms with van der Waals surface area (Å²) in [6.45, 7) is 1.66. The zero-order chi connectivity index (χ0) is 21.9. The summed E-state index contributed by atoms with van der Waals surface area (Å²) >= 11 is 0. The fraction of sp³-hybridized carbons (Fsp3) is 0.150. The molecule has 158 valence electrons. The quantitative estimate of drug-likeness (QED) is 0.576. The van der Waals surface area contributed by atoms with Crippen molar-refractivity contribution in [3.05, 3.63) is 65.6 Å². The molecule has 0 saturated carbocycles. The maximum absolute atomic E-state index is 14.4. The molecule has 0 fully saturated rings. The molecule has 3 aromatic rings. The number of halogens is 3. The van der Waals surface area contributed by atoms with Crippen LogP contribution >= 0.6 is 0 Å². The standard InChI is InChI=1S/C20H19F3N4O2S/c1-3-30(24,28)11-12-6-14(22)8-15(7-12)26-20-25-10-17(23)19(27-20)16-5-4-13(21)9-18(16)29-2/h4-11H,3H2,1-2H3,(H2,24,28)(H,25,26,27). The van der Waals surface area contributed by atoms with Crippen molar-refractivity contribution in [3.8, 4) is 17.0 Å². The van der Waals surface area contributed by atoms with Gasteiger partial charge >= 0.3 is 0 Å². The molecule has 2 aromatic carbocycles. The monoisotopic (exact) mass is 436 g/mol. The molecule has 6 nitrogen and oxygen atoms in total. The van der Waals surface area contributed by atoms with E-state index >= 15 is 0 Å². The Hall–Kier alpha value is -3.11. The first-order valence-corrected chi connectivity index (χ1v) is 10.6. The molecule has 3 rings (SSSR count). The van der Waals surface area contributed by atoms with E-state index in [0.29, 0.717) is 5.56 Å². The molecular weight excluding hydrogens is 417 g/mol. The second kappa shape index (κ2) is 8.72. The van der Waals surface area contributed by atoms with E-state index in [1.165, 1.54) is 36.7 Å². The molecule has 0 spiro atoms. The van der Waals surface area contributed by atoms with E-state index in [0.717, 1.165) is 18.3 Å². The molecular formula is C20H19F3N4O2S. The lowest BCUT2D eigenvalue weighted by Gasteiger charge is -2.11. The summed E-state index contributed by atoms with van der Waals surface area (Å²) in [6.07, 6.45) is 0.934. The van der Waals surface area contributed by atoms with E-state index in [1.807, 2.05) is 0 Å². The van der Waals surface area contributed by atoms with Gasteiger partial charge in [0.15, 0.2) is 5.82 Å². The highest BCUT2D eigenvalue weighted by atomic mass is 32.2. The highest BCUT2D eigenvalue weighted by Crippen LogP contribution is 2.31. The van der Waals surface area contributed by atoms with Crippen molar-refractivity contribution in [3.63, 3.8) is 0 Å². The van der Waals surface area contributed by atoms with Gasteiger partial charge in [0.05, 0.1) is 13.3 Å². The fourth-order valence-electron chi connectivity index (χ4n) is 2.67. The van der Waals surface area contributed by atoms with Crippen LogP contribution in [0.5, 0.6) is 5.75 Å². The Balaban J connectivity index is 2.00. The first kappa shape index (κ1) is 21.6. The van der Waals surface area contributed by atoms with Gasteiger partial charge in [-0.25, -0.2) is 23.1 Å². The molecule has 1 aromatic heterocycles. The van der Waals surface area contributed by atoms with Crippen LogP contribution in [0.4, 0.5) is 24.8 Å². The van der Waals surface area contributed by atoms with Crippen LogP contribution in [0, 0.1) is 17.5 Å². The lowest BCUT2D eigenvalue weighted by molar-refractivity contribution is 0.412. The number of methoxy groups -OCH3 is 1. The number of nitrogens with one attached hydrogen (secondary N) is 1. The van der Waals surface area contributed by atoms with Gasteiger partial charge in [-0.1, -0.05) is 6.92 Å². The van der Waals surface area contributed by atoms with Crippen molar-refractivity contribution < 1.29 is 22.1 Å². The number of hydrogen-bond acceptors (Lipinski definition) is 5. The summed E-state index contributed by atoms with van der Waals surface area (Å²) in [7, 11) is -1.41. The van der Waals surface area contributed by atoms with E-state index in [-0.39, 0.29) is 34.4 Å². The molecule has 0 radical (unpaired) electrons. The van der Waals surface area contributed by atoms with Crippen LogP contribution in [0.3, 0.4) is 0 Å². The van der Waals surface area contributed by atoms with Gasteiger partial charge in [-0.2, -0.15) is 0 Å². The van der Waals surface area contributed by atoms with Gasteiger partial charge in [-0.15, -0.1) is 0 Å². The molecule has 0 aliphatic rings. The summed E-state index contributed by atoms with van der Waals surface area (Å²) in [5, 5.41) is 9.74. The Morgan fingerprint density at radius 2 is 1.93 bits per heavy atom. The predicted molar refractivity (Wildman–Crippen MR) is 112 cm³/mol. The van der Waals surface area contributed by atoms with E-state index < -0.39 is 27.2 Å². The number of benzene rings is 2. The molecule has 3 N–H and O–H groups in total. The number of nitrogens with two attached hydrogens (primary N) is 1. The smallest absolute Gasteiger partial charge is 0.227 e. The van der Waals surface area contributed by atoms with Crippen LogP contribution in [-0.2, 0) is 9.71 Å². The number of hydrogen-bond donors (Lipinski definition) is 2. The van der Waals surface area contributed by atoms with E-state index in [2.05, 4.69) is 15.3 Å². The van der Waals surface area contributed by atoms with Gasteiger partial charge in [-0.05, 0) is 35.9 Å². The zero-order valence-corrected chi connectivity index (χ0v) is 17.0. The number of ether oxygens (including phenoxy) is 1. The highest BCUT2D eigenvalue weighted by molar-refractivity contribution is 7.99. The number of nitrogens with zero attached hydrogens (tertiary/aromatic N) is 2. The SMILES string of the molecule is CCS(N)(=O)=Cc1cc(F)cc(Nc2ncc(F)c(-c3ccc(F)cc3OC)n2)c1. The van der Waals surface area contributed by atoms with Crippen LogP contribution in [0.2, 0.25) is 0 Å². The Morgan fingerprint density at radius 3 is 2.63 bits per heavy atom. The summed E-state index contributed by atoms with van der Waals surface area (Å²) in [5.74, 6) is -1.62. The molecule has 1 unspecified atom stereocenters. The molecule has 0 amide bonds. The van der Waals surface area contributed by atoms with Crippen molar-refractivity contribution in [1.29, 1.82) is 0 Å². The van der Waals surface area contributed by atoms with Crippen molar-refractivity contribution in [2.75, 3.05) is 18.2 Å². The molecule has 30 heavy (non-hydrogen) atoms. The lowest BCUT2D eigenvalue weighted by atomic mass is 10.1. The Labute approximate surface area is 172 Å². The molecule has 0 bridgehead atoms. The first-order valence-electron chi connectivity index (χ1n) is 8.79. The van der Waals surface area contributed by atoms with Crippen LogP contribution in [-0.4, -0.2) is 32.4 Å². The molecule has 0 aliphatic heterocycles. The summed E-state index contributed by atoms with van der Waals surface area (Å²) in [5.41, 5.74) is 0.662. The summed E-state index contributed by atoms with van der Waals surface area (Å²) in [6, 6.07) is 7.47. The average molecular weight is 436 g/mol. The number of aromatic nitrogens is 2. The molecule has 1 atom stereocenters. The Morgan fingerprint density at radius 1 is 1.17 bits per heavy atom. The van der Waals surface area contributed by atoms with Gasteiger partial charge in [0, 0.05) is 38.1 Å². The zero-order valence-electron chi connectivity index (χ0n) is 16.2. The third-order valence-corrected chi connectivity index (χ3v) is 5.70. The van der Waals surface area contributed by atoms with Gasteiger partial charge < -0.3 is 10.1 Å². The van der Waals surface area contributed by atoms with Gasteiger partial charge in [0.1, 0.15) is 23.1 Å². The van der Waals surface area contributed by atoms with Crippen LogP contribution in [0.15, 0.2) is 42.6 Å². The predicted octanol–water partition coefficient (Wildman–Crippen LogP) is 3.64. The maximum atomic E-state index is 14.4. The topological polar surface area (TPSA) is 90.1 Å². The second-order valence-corrected chi connectivity index (χ2v) is 8.69.